The summed E-state index contributed by atoms with van der Waals surface area (Å²) in [5.74, 6) is 0.0743. The van der Waals surface area contributed by atoms with Gasteiger partial charge in [-0.2, -0.15) is 0 Å². The normalized spacial score (nSPS) is 14.9. The second-order valence-electron chi connectivity index (χ2n) is 7.19. The van der Waals surface area contributed by atoms with Gasteiger partial charge in [-0.15, -0.1) is 0 Å². The van der Waals surface area contributed by atoms with Crippen LogP contribution < -0.4 is 10.5 Å². The smallest absolute Gasteiger partial charge is 0.255 e. The Morgan fingerprint density at radius 3 is 2.38 bits per heavy atom. The van der Waals surface area contributed by atoms with Gasteiger partial charge in [0.05, 0.1) is 0 Å². The average molecular weight is 393 g/mol. The molecular weight excluding hydrogens is 366 g/mol. The fourth-order valence-electron chi connectivity index (χ4n) is 3.26. The van der Waals surface area contributed by atoms with Gasteiger partial charge in [-0.05, 0) is 41.8 Å². The quantitative estimate of drug-likeness (QED) is 0.732. The summed E-state index contributed by atoms with van der Waals surface area (Å²) in [6, 6.07) is 15.6. The van der Waals surface area contributed by atoms with E-state index in [0.717, 1.165) is 38.3 Å². The predicted octanol–water partition coefficient (Wildman–Crippen LogP) is 2.22. The first-order chi connectivity index (χ1) is 14.0. The van der Waals surface area contributed by atoms with E-state index in [1.165, 1.54) is 11.1 Å². The van der Waals surface area contributed by atoms with Crippen molar-refractivity contribution in [3.63, 3.8) is 0 Å². The van der Waals surface area contributed by atoms with Crippen LogP contribution in [0.4, 0.5) is 0 Å². The zero-order valence-electron chi connectivity index (χ0n) is 16.7. The topological polar surface area (TPSA) is 75.9 Å². The molecule has 1 fully saturated rings. The Balaban J connectivity index is 1.47. The van der Waals surface area contributed by atoms with Crippen molar-refractivity contribution in [1.82, 2.24) is 9.80 Å². The van der Waals surface area contributed by atoms with E-state index < -0.39 is 5.91 Å². The highest BCUT2D eigenvalue weighted by Crippen LogP contribution is 2.15. The summed E-state index contributed by atoms with van der Waals surface area (Å²) in [7, 11) is 0. The van der Waals surface area contributed by atoms with Gasteiger partial charge in [0.1, 0.15) is 5.75 Å². The van der Waals surface area contributed by atoms with Gasteiger partial charge in [-0.25, -0.2) is 0 Å². The Bertz CT molecular complexity index is 869. The number of primary amides is 1. The molecule has 3 rings (SSSR count). The molecule has 2 N–H and O–H groups in total. The van der Waals surface area contributed by atoms with E-state index in [2.05, 4.69) is 36.1 Å². The van der Waals surface area contributed by atoms with Crippen LogP contribution in [0, 0.1) is 6.92 Å². The molecule has 0 saturated carbocycles. The van der Waals surface area contributed by atoms with E-state index >= 15 is 0 Å². The van der Waals surface area contributed by atoms with Crippen LogP contribution in [-0.2, 0) is 16.1 Å². The van der Waals surface area contributed by atoms with E-state index in [-0.39, 0.29) is 12.5 Å². The molecule has 0 radical (unpaired) electrons. The van der Waals surface area contributed by atoms with Crippen LogP contribution in [-0.4, -0.2) is 54.4 Å². The highest BCUT2D eigenvalue weighted by atomic mass is 16.5. The molecule has 1 saturated heterocycles. The monoisotopic (exact) mass is 393 g/mol. The summed E-state index contributed by atoms with van der Waals surface area (Å²) >= 11 is 0. The largest absolute Gasteiger partial charge is 0.484 e. The first-order valence-electron chi connectivity index (χ1n) is 9.76. The maximum Gasteiger partial charge on any atom is 0.255 e. The maximum absolute atomic E-state index is 12.5. The van der Waals surface area contributed by atoms with Crippen molar-refractivity contribution in [1.29, 1.82) is 0 Å². The molecule has 2 aromatic carbocycles. The molecule has 6 nitrogen and oxygen atoms in total. The lowest BCUT2D eigenvalue weighted by Gasteiger charge is -2.34. The summed E-state index contributed by atoms with van der Waals surface area (Å²) < 4.78 is 5.22. The van der Waals surface area contributed by atoms with Crippen LogP contribution in [0.25, 0.3) is 6.08 Å². The standard InChI is InChI=1S/C23H27N3O3/c1-18-4-2-3-5-20(18)16-25-12-14-26(15-13-25)23(28)11-8-19-6-9-21(10-7-19)29-17-22(24)27/h2-11H,12-17H2,1H3,(H2,24,27). The SMILES string of the molecule is Cc1ccccc1CN1CCN(C(=O)C=Cc2ccc(OCC(N)=O)cc2)CC1. The Labute approximate surface area is 171 Å². The number of amides is 2. The highest BCUT2D eigenvalue weighted by Gasteiger charge is 2.19. The molecular formula is C23H27N3O3. The molecule has 1 aliphatic heterocycles. The summed E-state index contributed by atoms with van der Waals surface area (Å²) in [5.41, 5.74) is 8.60. The Kier molecular flexibility index (Phi) is 7.03. The second kappa shape index (κ2) is 9.89. The molecule has 152 valence electrons. The molecule has 0 unspecified atom stereocenters. The highest BCUT2D eigenvalue weighted by molar-refractivity contribution is 5.91. The van der Waals surface area contributed by atoms with Gasteiger partial charge in [0.2, 0.25) is 5.91 Å². The summed E-state index contributed by atoms with van der Waals surface area (Å²) in [6.45, 7) is 6.12. The van der Waals surface area contributed by atoms with Crippen LogP contribution in [0.3, 0.4) is 0 Å². The number of ether oxygens (including phenoxy) is 1. The van der Waals surface area contributed by atoms with Gasteiger partial charge in [0.15, 0.2) is 6.61 Å². The van der Waals surface area contributed by atoms with Crippen molar-refractivity contribution in [2.24, 2.45) is 5.73 Å². The van der Waals surface area contributed by atoms with E-state index in [1.807, 2.05) is 17.0 Å². The van der Waals surface area contributed by atoms with Crippen molar-refractivity contribution in [3.05, 3.63) is 71.3 Å². The minimum absolute atomic E-state index is 0.0228. The van der Waals surface area contributed by atoms with Crippen LogP contribution in [0.2, 0.25) is 0 Å². The molecule has 6 heteroatoms. The molecule has 0 bridgehead atoms. The summed E-state index contributed by atoms with van der Waals surface area (Å²) in [4.78, 5) is 27.5. The molecule has 0 aliphatic carbocycles. The van der Waals surface area contributed by atoms with Gasteiger partial charge >= 0.3 is 0 Å². The van der Waals surface area contributed by atoms with Crippen molar-refractivity contribution in [2.75, 3.05) is 32.8 Å². The number of hydrogen-bond acceptors (Lipinski definition) is 4. The van der Waals surface area contributed by atoms with E-state index in [9.17, 15) is 9.59 Å². The van der Waals surface area contributed by atoms with Gasteiger partial charge in [0, 0.05) is 38.8 Å². The van der Waals surface area contributed by atoms with Gasteiger partial charge in [0.25, 0.3) is 5.91 Å². The number of carbonyl (C=O) groups excluding carboxylic acids is 2. The minimum atomic E-state index is -0.515. The fourth-order valence-corrected chi connectivity index (χ4v) is 3.26. The Hall–Kier alpha value is -3.12. The van der Waals surface area contributed by atoms with Crippen LogP contribution >= 0.6 is 0 Å². The van der Waals surface area contributed by atoms with Crippen LogP contribution in [0.1, 0.15) is 16.7 Å². The van der Waals surface area contributed by atoms with Crippen LogP contribution in [0.5, 0.6) is 5.75 Å². The minimum Gasteiger partial charge on any atom is -0.484 e. The first-order valence-corrected chi connectivity index (χ1v) is 9.76. The number of nitrogens with two attached hydrogens (primary N) is 1. The van der Waals surface area contributed by atoms with Crippen molar-refractivity contribution in [3.8, 4) is 5.75 Å². The molecule has 1 aliphatic rings. The summed E-state index contributed by atoms with van der Waals surface area (Å²) in [6.07, 6.45) is 3.40. The zero-order valence-corrected chi connectivity index (χ0v) is 16.7. The zero-order chi connectivity index (χ0) is 20.6. The van der Waals surface area contributed by atoms with Gasteiger partial charge in [-0.3, -0.25) is 14.5 Å². The van der Waals surface area contributed by atoms with Crippen molar-refractivity contribution >= 4 is 17.9 Å². The van der Waals surface area contributed by atoms with E-state index in [4.69, 9.17) is 10.5 Å². The molecule has 2 amide bonds. The predicted molar refractivity (Wildman–Crippen MR) is 113 cm³/mol. The number of hydrogen-bond donors (Lipinski definition) is 1. The Morgan fingerprint density at radius 1 is 1.03 bits per heavy atom. The molecule has 0 spiro atoms. The third-order valence-corrected chi connectivity index (χ3v) is 5.02. The maximum atomic E-state index is 12.5. The molecule has 0 atom stereocenters. The lowest BCUT2D eigenvalue weighted by atomic mass is 10.1. The van der Waals surface area contributed by atoms with Crippen molar-refractivity contribution < 1.29 is 14.3 Å². The van der Waals surface area contributed by atoms with E-state index in [1.54, 1.807) is 24.3 Å². The number of piperazine rings is 1. The van der Waals surface area contributed by atoms with Gasteiger partial charge in [-0.1, -0.05) is 36.4 Å². The average Bonchev–Trinajstić information content (AvgIpc) is 2.73. The number of aryl methyl sites for hydroxylation is 1. The van der Waals surface area contributed by atoms with Crippen molar-refractivity contribution in [2.45, 2.75) is 13.5 Å². The second-order valence-corrected chi connectivity index (χ2v) is 7.19. The summed E-state index contributed by atoms with van der Waals surface area (Å²) in [5, 5.41) is 0. The Morgan fingerprint density at radius 2 is 1.72 bits per heavy atom. The number of nitrogens with zero attached hydrogens (tertiary/aromatic N) is 2. The lowest BCUT2D eigenvalue weighted by molar-refractivity contribution is -0.127. The fraction of sp³-hybridized carbons (Fsp3) is 0.304. The molecule has 2 aromatic rings. The third kappa shape index (κ3) is 6.19. The molecule has 0 aromatic heterocycles. The molecule has 1 heterocycles. The van der Waals surface area contributed by atoms with Crippen LogP contribution in [0.15, 0.2) is 54.6 Å². The molecule has 29 heavy (non-hydrogen) atoms. The first kappa shape index (κ1) is 20.6. The van der Waals surface area contributed by atoms with E-state index in [0.29, 0.717) is 5.75 Å². The number of rotatable bonds is 7. The third-order valence-electron chi connectivity index (χ3n) is 5.02. The van der Waals surface area contributed by atoms with Gasteiger partial charge < -0.3 is 15.4 Å². The lowest BCUT2D eigenvalue weighted by Crippen LogP contribution is -2.47. The number of carbonyl (C=O) groups is 2. The number of benzene rings is 2.